The molecule has 17 heavy (non-hydrogen) atoms. The summed E-state index contributed by atoms with van der Waals surface area (Å²) in [4.78, 5) is 8.34. The van der Waals surface area contributed by atoms with Crippen LogP contribution in [0.3, 0.4) is 0 Å². The second-order valence-corrected chi connectivity index (χ2v) is 4.29. The van der Waals surface area contributed by atoms with Crippen molar-refractivity contribution in [2.75, 3.05) is 30.3 Å². The molecule has 0 amide bonds. The van der Waals surface area contributed by atoms with E-state index in [-0.39, 0.29) is 0 Å². The number of nitrogens with one attached hydrogen (secondary N) is 2. The van der Waals surface area contributed by atoms with Crippen LogP contribution in [0.25, 0.3) is 0 Å². The monoisotopic (exact) mass is 237 g/mol. The van der Waals surface area contributed by atoms with Crippen molar-refractivity contribution in [3.8, 4) is 0 Å². The van der Waals surface area contributed by atoms with E-state index in [1.54, 1.807) is 6.33 Å². The molecular formula is C12H23N5. The maximum atomic E-state index is 5.56. The first-order valence-electron chi connectivity index (χ1n) is 6.26. The van der Waals surface area contributed by atoms with Gasteiger partial charge in [-0.25, -0.2) is 9.97 Å². The molecule has 1 heterocycles. The van der Waals surface area contributed by atoms with Crippen molar-refractivity contribution in [3.63, 3.8) is 0 Å². The van der Waals surface area contributed by atoms with Gasteiger partial charge in [0.1, 0.15) is 18.0 Å². The van der Waals surface area contributed by atoms with Crippen LogP contribution >= 0.6 is 0 Å². The highest BCUT2D eigenvalue weighted by Gasteiger charge is 2.01. The summed E-state index contributed by atoms with van der Waals surface area (Å²) < 4.78 is 0. The molecule has 5 nitrogen and oxygen atoms in total. The van der Waals surface area contributed by atoms with Gasteiger partial charge in [0.25, 0.3) is 0 Å². The number of hydrogen-bond donors (Lipinski definition) is 3. The molecule has 1 rings (SSSR count). The third kappa shape index (κ3) is 5.49. The highest BCUT2D eigenvalue weighted by Crippen LogP contribution is 2.09. The largest absolute Gasteiger partial charge is 0.370 e. The topological polar surface area (TPSA) is 75.9 Å². The number of nitrogens with two attached hydrogens (primary N) is 1. The molecule has 1 atom stereocenters. The lowest BCUT2D eigenvalue weighted by Gasteiger charge is -2.11. The molecule has 0 fully saturated rings. The Morgan fingerprint density at radius 1 is 1.29 bits per heavy atom. The first-order chi connectivity index (χ1) is 8.26. The van der Waals surface area contributed by atoms with E-state index in [0.717, 1.165) is 31.1 Å². The molecule has 4 N–H and O–H groups in total. The van der Waals surface area contributed by atoms with E-state index in [2.05, 4.69) is 34.4 Å². The molecule has 0 bridgehead atoms. The van der Waals surface area contributed by atoms with E-state index < -0.39 is 0 Å². The van der Waals surface area contributed by atoms with E-state index >= 15 is 0 Å². The smallest absolute Gasteiger partial charge is 0.131 e. The van der Waals surface area contributed by atoms with Crippen LogP contribution in [0.1, 0.15) is 26.7 Å². The second kappa shape index (κ2) is 7.84. The number of hydrogen-bond acceptors (Lipinski definition) is 5. The third-order valence-corrected chi connectivity index (χ3v) is 2.54. The van der Waals surface area contributed by atoms with E-state index in [0.29, 0.717) is 12.5 Å². The van der Waals surface area contributed by atoms with Crippen LogP contribution in [-0.2, 0) is 0 Å². The molecule has 5 heteroatoms. The predicted molar refractivity (Wildman–Crippen MR) is 72.1 cm³/mol. The Morgan fingerprint density at radius 2 is 2.00 bits per heavy atom. The van der Waals surface area contributed by atoms with Gasteiger partial charge in [-0.05, 0) is 18.9 Å². The van der Waals surface area contributed by atoms with Crippen molar-refractivity contribution in [1.29, 1.82) is 0 Å². The minimum absolute atomic E-state index is 0.446. The minimum Gasteiger partial charge on any atom is -0.370 e. The molecule has 96 valence electrons. The number of rotatable bonds is 8. The summed E-state index contributed by atoms with van der Waals surface area (Å²) in [6, 6.07) is 1.93. The van der Waals surface area contributed by atoms with Crippen LogP contribution in [0.4, 0.5) is 11.6 Å². The third-order valence-electron chi connectivity index (χ3n) is 2.54. The number of aromatic nitrogens is 2. The molecule has 0 saturated carbocycles. The lowest BCUT2D eigenvalue weighted by molar-refractivity contribution is 0.627. The number of anilines is 2. The highest BCUT2D eigenvalue weighted by molar-refractivity contribution is 5.46. The first-order valence-corrected chi connectivity index (χ1v) is 6.26. The lowest BCUT2D eigenvalue weighted by Crippen LogP contribution is -2.20. The molecule has 0 radical (unpaired) electrons. The van der Waals surface area contributed by atoms with Gasteiger partial charge in [-0.15, -0.1) is 0 Å². The Morgan fingerprint density at radius 3 is 2.65 bits per heavy atom. The molecule has 1 aromatic heterocycles. The average Bonchev–Trinajstić information content (AvgIpc) is 2.37. The van der Waals surface area contributed by atoms with Crippen molar-refractivity contribution in [1.82, 2.24) is 9.97 Å². The maximum absolute atomic E-state index is 5.56. The van der Waals surface area contributed by atoms with Crippen LogP contribution in [0.15, 0.2) is 12.4 Å². The molecule has 0 aliphatic carbocycles. The SMILES string of the molecule is CCCCNc1cc(NCC(C)CN)ncn1. The van der Waals surface area contributed by atoms with Gasteiger partial charge in [-0.1, -0.05) is 20.3 Å². The number of unbranched alkanes of at least 4 members (excludes halogenated alkanes) is 1. The highest BCUT2D eigenvalue weighted by atomic mass is 15.1. The molecule has 0 aliphatic heterocycles. The zero-order valence-corrected chi connectivity index (χ0v) is 10.7. The quantitative estimate of drug-likeness (QED) is 0.600. The zero-order chi connectivity index (χ0) is 12.5. The summed E-state index contributed by atoms with van der Waals surface area (Å²) in [7, 11) is 0. The average molecular weight is 237 g/mol. The first kappa shape index (κ1) is 13.7. The van der Waals surface area contributed by atoms with Gasteiger partial charge in [0.2, 0.25) is 0 Å². The van der Waals surface area contributed by atoms with Crippen LogP contribution in [0, 0.1) is 5.92 Å². The van der Waals surface area contributed by atoms with Crippen LogP contribution in [-0.4, -0.2) is 29.6 Å². The molecule has 1 unspecified atom stereocenters. The Balaban J connectivity index is 2.42. The van der Waals surface area contributed by atoms with Crippen molar-refractivity contribution in [3.05, 3.63) is 12.4 Å². The molecular weight excluding hydrogens is 214 g/mol. The lowest BCUT2D eigenvalue weighted by atomic mass is 10.2. The Labute approximate surface area is 103 Å². The molecule has 1 aromatic rings. The Hall–Kier alpha value is -1.36. The zero-order valence-electron chi connectivity index (χ0n) is 10.7. The molecule has 0 aromatic carbocycles. The van der Waals surface area contributed by atoms with E-state index in [4.69, 9.17) is 5.73 Å². The van der Waals surface area contributed by atoms with Crippen molar-refractivity contribution in [2.24, 2.45) is 11.7 Å². The normalized spacial score (nSPS) is 12.2. The molecule has 0 spiro atoms. The van der Waals surface area contributed by atoms with Gasteiger partial charge in [-0.2, -0.15) is 0 Å². The van der Waals surface area contributed by atoms with Gasteiger partial charge < -0.3 is 16.4 Å². The van der Waals surface area contributed by atoms with Crippen LogP contribution in [0.2, 0.25) is 0 Å². The fraction of sp³-hybridized carbons (Fsp3) is 0.667. The van der Waals surface area contributed by atoms with Crippen LogP contribution in [0.5, 0.6) is 0 Å². The van der Waals surface area contributed by atoms with Gasteiger partial charge in [-0.3, -0.25) is 0 Å². The van der Waals surface area contributed by atoms with Crippen molar-refractivity contribution in [2.45, 2.75) is 26.7 Å². The fourth-order valence-corrected chi connectivity index (χ4v) is 1.31. The van der Waals surface area contributed by atoms with Gasteiger partial charge in [0.15, 0.2) is 0 Å². The summed E-state index contributed by atoms with van der Waals surface area (Å²) in [5, 5.41) is 6.53. The second-order valence-electron chi connectivity index (χ2n) is 4.29. The maximum Gasteiger partial charge on any atom is 0.131 e. The van der Waals surface area contributed by atoms with Gasteiger partial charge >= 0.3 is 0 Å². The number of nitrogens with zero attached hydrogens (tertiary/aromatic N) is 2. The van der Waals surface area contributed by atoms with Crippen molar-refractivity contribution < 1.29 is 0 Å². The van der Waals surface area contributed by atoms with Crippen molar-refractivity contribution >= 4 is 11.6 Å². The van der Waals surface area contributed by atoms with Gasteiger partial charge in [0.05, 0.1) is 0 Å². The van der Waals surface area contributed by atoms with E-state index in [9.17, 15) is 0 Å². The van der Waals surface area contributed by atoms with E-state index in [1.165, 1.54) is 6.42 Å². The Bertz CT molecular complexity index is 316. The minimum atomic E-state index is 0.446. The van der Waals surface area contributed by atoms with Crippen LogP contribution < -0.4 is 16.4 Å². The Kier molecular flexibility index (Phi) is 6.32. The summed E-state index contributed by atoms with van der Waals surface area (Å²) >= 11 is 0. The summed E-state index contributed by atoms with van der Waals surface area (Å²) in [6.07, 6.45) is 3.90. The summed E-state index contributed by atoms with van der Waals surface area (Å²) in [5.41, 5.74) is 5.56. The van der Waals surface area contributed by atoms with E-state index in [1.807, 2.05) is 6.07 Å². The standard InChI is InChI=1S/C12H23N5/c1-3-4-5-14-11-6-12(17-9-16-11)15-8-10(2)7-13/h6,9-10H,3-5,7-8,13H2,1-2H3,(H2,14,15,16,17). The summed E-state index contributed by atoms with van der Waals surface area (Å²) in [6.45, 7) is 6.74. The molecule has 0 saturated heterocycles. The summed E-state index contributed by atoms with van der Waals surface area (Å²) in [5.74, 6) is 2.16. The van der Waals surface area contributed by atoms with Gasteiger partial charge in [0, 0.05) is 19.2 Å². The fourth-order valence-electron chi connectivity index (χ4n) is 1.31. The predicted octanol–water partition coefficient (Wildman–Crippen LogP) is 1.70. The molecule has 0 aliphatic rings.